The summed E-state index contributed by atoms with van der Waals surface area (Å²) >= 11 is 0. The van der Waals surface area contributed by atoms with Gasteiger partial charge in [0.05, 0.1) is 16.7 Å². The second-order valence-corrected chi connectivity index (χ2v) is 3.99. The van der Waals surface area contributed by atoms with Crippen LogP contribution in [0.2, 0.25) is 0 Å². The molecule has 0 spiro atoms. The highest BCUT2D eigenvalue weighted by Crippen LogP contribution is 2.46. The van der Waals surface area contributed by atoms with E-state index in [1.807, 2.05) is 0 Å². The van der Waals surface area contributed by atoms with Gasteiger partial charge in [-0.3, -0.25) is 0 Å². The Hall–Kier alpha value is -2.21. The zero-order valence-electron chi connectivity index (χ0n) is 8.26. The van der Waals surface area contributed by atoms with Crippen molar-refractivity contribution in [3.63, 3.8) is 0 Å². The Bertz CT molecular complexity index is 617. The van der Waals surface area contributed by atoms with Crippen molar-refractivity contribution in [3.05, 3.63) is 34.4 Å². The van der Waals surface area contributed by atoms with E-state index in [0.29, 0.717) is 5.56 Å². The Balaban J connectivity index is 2.00. The highest BCUT2D eigenvalue weighted by molar-refractivity contribution is 6.16. The molecule has 3 heterocycles. The van der Waals surface area contributed by atoms with Gasteiger partial charge in [0, 0.05) is 5.56 Å². The lowest BCUT2D eigenvalue weighted by molar-refractivity contribution is 0.0290. The van der Waals surface area contributed by atoms with Crippen molar-refractivity contribution in [2.75, 3.05) is 0 Å². The summed E-state index contributed by atoms with van der Waals surface area (Å²) in [6.07, 6.45) is -0.877. The number of benzene rings is 1. The Morgan fingerprint density at radius 2 is 1.59 bits per heavy atom. The molecule has 3 aliphatic heterocycles. The first kappa shape index (κ1) is 8.89. The molecule has 2 atom stereocenters. The summed E-state index contributed by atoms with van der Waals surface area (Å²) < 4.78 is 14.5. The van der Waals surface area contributed by atoms with Crippen LogP contribution in [0.3, 0.4) is 0 Å². The summed E-state index contributed by atoms with van der Waals surface area (Å²) in [7, 11) is 0. The second-order valence-electron chi connectivity index (χ2n) is 3.99. The minimum absolute atomic E-state index is 0.102. The van der Waals surface area contributed by atoms with Crippen LogP contribution in [-0.4, -0.2) is 24.2 Å². The van der Waals surface area contributed by atoms with Gasteiger partial charge in [0.1, 0.15) is 0 Å². The largest absolute Gasteiger partial charge is 0.429 e. The van der Waals surface area contributed by atoms with Gasteiger partial charge in [-0.1, -0.05) is 0 Å². The van der Waals surface area contributed by atoms with E-state index in [1.54, 1.807) is 0 Å². The van der Waals surface area contributed by atoms with Crippen LogP contribution in [-0.2, 0) is 14.2 Å². The first-order valence-electron chi connectivity index (χ1n) is 4.96. The summed E-state index contributed by atoms with van der Waals surface area (Å²) in [5.74, 6) is -1.97. The van der Waals surface area contributed by atoms with Gasteiger partial charge in [0.2, 0.25) is 6.29 Å². The third-order valence-electron chi connectivity index (χ3n) is 3.02. The molecule has 0 aromatic heterocycles. The van der Waals surface area contributed by atoms with Gasteiger partial charge in [-0.25, -0.2) is 14.4 Å². The van der Waals surface area contributed by atoms with Crippen molar-refractivity contribution >= 4 is 17.9 Å². The predicted molar refractivity (Wildman–Crippen MR) is 49.2 cm³/mol. The molecule has 6 nitrogen and oxygen atoms in total. The molecular weight excluding hydrogens is 228 g/mol. The van der Waals surface area contributed by atoms with Crippen LogP contribution in [0.5, 0.6) is 0 Å². The molecule has 1 aromatic carbocycles. The minimum atomic E-state index is -0.737. The number of epoxide rings is 1. The van der Waals surface area contributed by atoms with Crippen molar-refractivity contribution in [3.8, 4) is 0 Å². The summed E-state index contributed by atoms with van der Waals surface area (Å²) in [4.78, 5) is 34.3. The smallest absolute Gasteiger partial charge is 0.346 e. The van der Waals surface area contributed by atoms with E-state index in [-0.39, 0.29) is 22.8 Å². The lowest BCUT2D eigenvalue weighted by Crippen LogP contribution is -2.17. The van der Waals surface area contributed by atoms with E-state index in [4.69, 9.17) is 9.47 Å². The Morgan fingerprint density at radius 3 is 2.35 bits per heavy atom. The van der Waals surface area contributed by atoms with Gasteiger partial charge < -0.3 is 14.2 Å². The number of fused-ring (bicyclic) bond motifs is 4. The van der Waals surface area contributed by atoms with Crippen molar-refractivity contribution in [1.29, 1.82) is 0 Å². The lowest BCUT2D eigenvalue weighted by Gasteiger charge is -2.11. The Labute approximate surface area is 94.1 Å². The zero-order valence-corrected chi connectivity index (χ0v) is 8.26. The maximum Gasteiger partial charge on any atom is 0.346 e. The average molecular weight is 232 g/mol. The number of rotatable bonds is 0. The lowest BCUT2D eigenvalue weighted by atomic mass is 9.96. The quantitative estimate of drug-likeness (QED) is 0.369. The van der Waals surface area contributed by atoms with Crippen LogP contribution in [0.15, 0.2) is 12.1 Å². The number of hydrogen-bond acceptors (Lipinski definition) is 6. The van der Waals surface area contributed by atoms with E-state index >= 15 is 0 Å². The molecule has 0 aliphatic carbocycles. The summed E-state index contributed by atoms with van der Waals surface area (Å²) in [5, 5.41) is 0. The zero-order chi connectivity index (χ0) is 11.7. The van der Waals surface area contributed by atoms with E-state index in [1.165, 1.54) is 12.1 Å². The number of ether oxygens (including phenoxy) is 3. The van der Waals surface area contributed by atoms with Gasteiger partial charge >= 0.3 is 17.9 Å². The van der Waals surface area contributed by atoms with Crippen LogP contribution in [0.25, 0.3) is 0 Å². The average Bonchev–Trinajstić information content (AvgIpc) is 3.01. The molecule has 3 aliphatic rings. The molecular formula is C11H4O6. The molecule has 17 heavy (non-hydrogen) atoms. The van der Waals surface area contributed by atoms with Gasteiger partial charge in [-0.05, 0) is 12.1 Å². The number of cyclic esters (lactones) is 2. The van der Waals surface area contributed by atoms with Crippen LogP contribution < -0.4 is 0 Å². The molecule has 0 amide bonds. The summed E-state index contributed by atoms with van der Waals surface area (Å²) in [5.41, 5.74) is 1.12. The fourth-order valence-corrected chi connectivity index (χ4v) is 2.14. The third kappa shape index (κ3) is 1.000. The third-order valence-corrected chi connectivity index (χ3v) is 3.02. The molecule has 0 saturated carbocycles. The van der Waals surface area contributed by atoms with E-state index in [2.05, 4.69) is 4.74 Å². The Morgan fingerprint density at radius 1 is 0.882 bits per heavy atom. The first-order valence-corrected chi connectivity index (χ1v) is 4.96. The summed E-state index contributed by atoms with van der Waals surface area (Å²) in [6.45, 7) is 0. The molecule has 4 rings (SSSR count). The fraction of sp³-hybridized carbons (Fsp3) is 0.182. The number of carbonyl (C=O) groups is 3. The minimum Gasteiger partial charge on any atom is -0.429 e. The van der Waals surface area contributed by atoms with E-state index < -0.39 is 24.2 Å². The van der Waals surface area contributed by atoms with Crippen LogP contribution in [0.4, 0.5) is 0 Å². The highest BCUT2D eigenvalue weighted by Gasteiger charge is 2.51. The van der Waals surface area contributed by atoms with Crippen molar-refractivity contribution in [1.82, 2.24) is 0 Å². The number of hydrogen-bond donors (Lipinski definition) is 0. The first-order chi connectivity index (χ1) is 8.15. The van der Waals surface area contributed by atoms with Gasteiger partial charge in [0.25, 0.3) is 0 Å². The number of esters is 3. The van der Waals surface area contributed by atoms with E-state index in [0.717, 1.165) is 0 Å². The molecule has 1 saturated heterocycles. The standard InChI is InChI=1S/C11H4O6/c12-8-5-1-3-4(2-6(5)9(13)16-8)10(14)17-11-7(3)15-11/h1-2,7,11H. The predicted octanol–water partition coefficient (Wildman–Crippen LogP) is 0.565. The monoisotopic (exact) mass is 232 g/mol. The maximum absolute atomic E-state index is 11.6. The molecule has 0 N–H and O–H groups in total. The van der Waals surface area contributed by atoms with Crippen molar-refractivity contribution < 1.29 is 28.6 Å². The molecule has 1 aromatic rings. The SMILES string of the molecule is O=C1OC(=O)c2cc3c(cc21)C(=O)OC1OC31. The van der Waals surface area contributed by atoms with E-state index in [9.17, 15) is 14.4 Å². The molecule has 1 fully saturated rings. The molecule has 0 radical (unpaired) electrons. The maximum atomic E-state index is 11.6. The summed E-state index contributed by atoms with van der Waals surface area (Å²) in [6, 6.07) is 2.81. The molecule has 6 heteroatoms. The van der Waals surface area contributed by atoms with Crippen LogP contribution in [0, 0.1) is 0 Å². The second kappa shape index (κ2) is 2.54. The van der Waals surface area contributed by atoms with Crippen molar-refractivity contribution in [2.24, 2.45) is 0 Å². The Kier molecular flexibility index (Phi) is 1.33. The van der Waals surface area contributed by atoms with Crippen LogP contribution in [0.1, 0.15) is 42.7 Å². The highest BCUT2D eigenvalue weighted by atomic mass is 16.8. The molecule has 0 bridgehead atoms. The van der Waals surface area contributed by atoms with Gasteiger partial charge in [-0.2, -0.15) is 0 Å². The van der Waals surface area contributed by atoms with Gasteiger partial charge in [0.15, 0.2) is 6.10 Å². The normalized spacial score (nSPS) is 27.9. The fourth-order valence-electron chi connectivity index (χ4n) is 2.14. The topological polar surface area (TPSA) is 82.2 Å². The molecule has 2 unspecified atom stereocenters. The molecule has 84 valence electrons. The van der Waals surface area contributed by atoms with Gasteiger partial charge in [-0.15, -0.1) is 0 Å². The van der Waals surface area contributed by atoms with Crippen LogP contribution >= 0.6 is 0 Å². The number of carbonyl (C=O) groups excluding carboxylic acids is 3. The van der Waals surface area contributed by atoms with Crippen molar-refractivity contribution in [2.45, 2.75) is 12.4 Å².